The second kappa shape index (κ2) is 7.74. The third kappa shape index (κ3) is 4.94. The number of hydrogen-bond donors (Lipinski definition) is 2. The van der Waals surface area contributed by atoms with Crippen LogP contribution in [0.25, 0.3) is 0 Å². The summed E-state index contributed by atoms with van der Waals surface area (Å²) < 4.78 is 0. The highest BCUT2D eigenvalue weighted by atomic mass is 16.1. The maximum Gasteiger partial charge on any atom is 0.235 e. The number of amides is 1. The van der Waals surface area contributed by atoms with Crippen molar-refractivity contribution >= 4 is 5.91 Å². The molecule has 0 aromatic rings. The minimum Gasteiger partial charge on any atom is -0.368 e. The SMILES string of the molecule is CCNC(CN(CC(C)C)C1CCCC1)C(N)=O. The largest absolute Gasteiger partial charge is 0.368 e. The summed E-state index contributed by atoms with van der Waals surface area (Å²) >= 11 is 0. The Hall–Kier alpha value is -0.610. The number of nitrogens with zero attached hydrogens (tertiary/aromatic N) is 1. The lowest BCUT2D eigenvalue weighted by Gasteiger charge is -2.33. The van der Waals surface area contributed by atoms with Gasteiger partial charge in [0.05, 0.1) is 6.04 Å². The Morgan fingerprint density at radius 1 is 1.33 bits per heavy atom. The van der Waals surface area contributed by atoms with Crippen molar-refractivity contribution in [3.8, 4) is 0 Å². The molecule has 0 bridgehead atoms. The summed E-state index contributed by atoms with van der Waals surface area (Å²) in [5, 5.41) is 3.19. The third-order valence-electron chi connectivity index (χ3n) is 3.65. The first-order valence-corrected chi connectivity index (χ1v) is 7.31. The Morgan fingerprint density at radius 3 is 2.39 bits per heavy atom. The summed E-state index contributed by atoms with van der Waals surface area (Å²) in [4.78, 5) is 13.9. The van der Waals surface area contributed by atoms with Gasteiger partial charge in [0.25, 0.3) is 0 Å². The van der Waals surface area contributed by atoms with Gasteiger partial charge >= 0.3 is 0 Å². The fourth-order valence-electron chi connectivity index (χ4n) is 2.85. The van der Waals surface area contributed by atoms with Gasteiger partial charge in [0, 0.05) is 19.1 Å². The van der Waals surface area contributed by atoms with Gasteiger partial charge in [-0.2, -0.15) is 0 Å². The number of nitrogens with two attached hydrogens (primary N) is 1. The molecule has 0 aliphatic heterocycles. The van der Waals surface area contributed by atoms with E-state index >= 15 is 0 Å². The molecule has 1 fully saturated rings. The molecule has 106 valence electrons. The van der Waals surface area contributed by atoms with Crippen LogP contribution >= 0.6 is 0 Å². The van der Waals surface area contributed by atoms with E-state index < -0.39 is 0 Å². The van der Waals surface area contributed by atoms with Crippen LogP contribution in [0.4, 0.5) is 0 Å². The van der Waals surface area contributed by atoms with E-state index in [9.17, 15) is 4.79 Å². The zero-order valence-corrected chi connectivity index (χ0v) is 12.1. The van der Waals surface area contributed by atoms with Crippen molar-refractivity contribution in [1.29, 1.82) is 0 Å². The van der Waals surface area contributed by atoms with Crippen molar-refractivity contribution in [1.82, 2.24) is 10.2 Å². The monoisotopic (exact) mass is 255 g/mol. The molecule has 1 atom stereocenters. The van der Waals surface area contributed by atoms with Crippen LogP contribution in [0.2, 0.25) is 0 Å². The lowest BCUT2D eigenvalue weighted by Crippen LogP contribution is -2.51. The topological polar surface area (TPSA) is 58.4 Å². The van der Waals surface area contributed by atoms with E-state index in [1.54, 1.807) is 0 Å². The van der Waals surface area contributed by atoms with Gasteiger partial charge in [-0.1, -0.05) is 33.6 Å². The Balaban J connectivity index is 2.60. The number of hydrogen-bond acceptors (Lipinski definition) is 3. The minimum atomic E-state index is -0.233. The summed E-state index contributed by atoms with van der Waals surface area (Å²) in [6.45, 7) is 9.07. The molecule has 0 aromatic heterocycles. The van der Waals surface area contributed by atoms with E-state index in [-0.39, 0.29) is 11.9 Å². The van der Waals surface area contributed by atoms with Crippen LogP contribution < -0.4 is 11.1 Å². The first-order valence-electron chi connectivity index (χ1n) is 7.31. The first-order chi connectivity index (χ1) is 8.54. The van der Waals surface area contributed by atoms with E-state index in [0.29, 0.717) is 12.0 Å². The highest BCUT2D eigenvalue weighted by Crippen LogP contribution is 2.24. The standard InChI is InChI=1S/C14H29N3O/c1-4-16-13(14(15)18)10-17(9-11(2)3)12-7-5-6-8-12/h11-13,16H,4-10H2,1-3H3,(H2,15,18). The van der Waals surface area contributed by atoms with Crippen molar-refractivity contribution in [3.63, 3.8) is 0 Å². The Kier molecular flexibility index (Phi) is 6.65. The minimum absolute atomic E-state index is 0.214. The number of primary amides is 1. The maximum absolute atomic E-state index is 11.5. The molecule has 18 heavy (non-hydrogen) atoms. The molecule has 0 aromatic carbocycles. The maximum atomic E-state index is 11.5. The second-order valence-electron chi connectivity index (χ2n) is 5.80. The highest BCUT2D eigenvalue weighted by molar-refractivity contribution is 5.80. The Labute approximate surface area is 111 Å². The molecule has 1 amide bonds. The smallest absolute Gasteiger partial charge is 0.235 e. The number of nitrogens with one attached hydrogen (secondary N) is 1. The van der Waals surface area contributed by atoms with Gasteiger partial charge in [0.2, 0.25) is 5.91 Å². The van der Waals surface area contributed by atoms with Gasteiger partial charge in [-0.3, -0.25) is 9.69 Å². The number of likely N-dealkylation sites (N-methyl/N-ethyl adjacent to an activating group) is 1. The van der Waals surface area contributed by atoms with E-state index in [1.165, 1.54) is 25.7 Å². The van der Waals surface area contributed by atoms with Crippen LogP contribution in [0.1, 0.15) is 46.5 Å². The third-order valence-corrected chi connectivity index (χ3v) is 3.65. The van der Waals surface area contributed by atoms with Gasteiger partial charge < -0.3 is 11.1 Å². The molecular weight excluding hydrogens is 226 g/mol. The zero-order chi connectivity index (χ0) is 13.5. The van der Waals surface area contributed by atoms with Crippen LogP contribution in [0.3, 0.4) is 0 Å². The molecule has 4 nitrogen and oxygen atoms in total. The molecule has 1 aliphatic rings. The molecule has 0 spiro atoms. The fourth-order valence-corrected chi connectivity index (χ4v) is 2.85. The average Bonchev–Trinajstić information content (AvgIpc) is 2.79. The molecule has 0 heterocycles. The van der Waals surface area contributed by atoms with Crippen LogP contribution in [0.5, 0.6) is 0 Å². The van der Waals surface area contributed by atoms with E-state index in [0.717, 1.165) is 19.6 Å². The predicted molar refractivity (Wildman–Crippen MR) is 75.3 cm³/mol. The van der Waals surface area contributed by atoms with Gasteiger partial charge in [-0.05, 0) is 25.3 Å². The van der Waals surface area contributed by atoms with E-state index in [4.69, 9.17) is 5.73 Å². The first kappa shape index (κ1) is 15.4. The molecule has 0 radical (unpaired) electrons. The van der Waals surface area contributed by atoms with E-state index in [1.807, 2.05) is 6.92 Å². The van der Waals surface area contributed by atoms with Gasteiger partial charge in [-0.15, -0.1) is 0 Å². The van der Waals surface area contributed by atoms with Crippen LogP contribution in [-0.2, 0) is 4.79 Å². The van der Waals surface area contributed by atoms with Crippen molar-refractivity contribution in [2.24, 2.45) is 11.7 Å². The summed E-state index contributed by atoms with van der Waals surface area (Å²) in [7, 11) is 0. The predicted octanol–water partition coefficient (Wildman–Crippen LogP) is 1.35. The van der Waals surface area contributed by atoms with Crippen LogP contribution in [0, 0.1) is 5.92 Å². The average molecular weight is 255 g/mol. The molecule has 4 heteroatoms. The van der Waals surface area contributed by atoms with Crippen LogP contribution in [-0.4, -0.2) is 42.5 Å². The number of carbonyl (C=O) groups excluding carboxylic acids is 1. The molecule has 1 aliphatic carbocycles. The van der Waals surface area contributed by atoms with Gasteiger partial charge in [0.15, 0.2) is 0 Å². The van der Waals surface area contributed by atoms with Crippen LogP contribution in [0.15, 0.2) is 0 Å². The molecule has 1 saturated carbocycles. The molecule has 1 rings (SSSR count). The second-order valence-corrected chi connectivity index (χ2v) is 5.80. The lowest BCUT2D eigenvalue weighted by atomic mass is 10.1. The summed E-state index contributed by atoms with van der Waals surface area (Å²) in [5.41, 5.74) is 5.47. The summed E-state index contributed by atoms with van der Waals surface area (Å²) in [5.74, 6) is 0.393. The molecule has 0 saturated heterocycles. The lowest BCUT2D eigenvalue weighted by molar-refractivity contribution is -0.120. The Morgan fingerprint density at radius 2 is 1.94 bits per heavy atom. The molecule has 3 N–H and O–H groups in total. The highest BCUT2D eigenvalue weighted by Gasteiger charge is 2.26. The fraction of sp³-hybridized carbons (Fsp3) is 0.929. The van der Waals surface area contributed by atoms with Crippen molar-refractivity contribution in [2.45, 2.75) is 58.5 Å². The molecular formula is C14H29N3O. The zero-order valence-electron chi connectivity index (χ0n) is 12.1. The number of rotatable bonds is 8. The number of carbonyl (C=O) groups is 1. The van der Waals surface area contributed by atoms with Crippen molar-refractivity contribution < 1.29 is 4.79 Å². The van der Waals surface area contributed by atoms with Gasteiger partial charge in [0.1, 0.15) is 0 Å². The quantitative estimate of drug-likeness (QED) is 0.688. The van der Waals surface area contributed by atoms with E-state index in [2.05, 4.69) is 24.1 Å². The summed E-state index contributed by atoms with van der Waals surface area (Å²) in [6, 6.07) is 0.433. The van der Waals surface area contributed by atoms with Crippen molar-refractivity contribution in [3.05, 3.63) is 0 Å². The molecule has 1 unspecified atom stereocenters. The summed E-state index contributed by atoms with van der Waals surface area (Å²) in [6.07, 6.45) is 5.18. The Bertz CT molecular complexity index is 249. The normalized spacial score (nSPS) is 18.7. The van der Waals surface area contributed by atoms with Gasteiger partial charge in [-0.25, -0.2) is 0 Å². The van der Waals surface area contributed by atoms with Crippen molar-refractivity contribution in [2.75, 3.05) is 19.6 Å².